The molecule has 0 aromatic carbocycles. The van der Waals surface area contributed by atoms with Gasteiger partial charge in [-0.25, -0.2) is 0 Å². The molecule has 7 nitrogen and oxygen atoms in total. The molecule has 0 radical (unpaired) electrons. The highest BCUT2D eigenvalue weighted by atomic mass is 16.5. The van der Waals surface area contributed by atoms with Crippen molar-refractivity contribution in [2.75, 3.05) is 13.7 Å². The first-order chi connectivity index (χ1) is 7.93. The van der Waals surface area contributed by atoms with Crippen molar-refractivity contribution >= 4 is 17.9 Å². The SMILES string of the molecule is COC(=O)CCCCO.O=C(O)CCC(=O)O. The summed E-state index contributed by atoms with van der Waals surface area (Å²) in [4.78, 5) is 29.7. The first-order valence-electron chi connectivity index (χ1n) is 5.05. The molecular formula is C10H18O7. The monoisotopic (exact) mass is 250 g/mol. The highest BCUT2D eigenvalue weighted by molar-refractivity contribution is 5.75. The topological polar surface area (TPSA) is 121 Å². The lowest BCUT2D eigenvalue weighted by Gasteiger charge is -1.95. The molecule has 0 bridgehead atoms. The van der Waals surface area contributed by atoms with Crippen LogP contribution in [-0.4, -0.2) is 46.9 Å². The second-order valence-corrected chi connectivity index (χ2v) is 3.04. The summed E-state index contributed by atoms with van der Waals surface area (Å²) in [5.74, 6) is -2.36. The van der Waals surface area contributed by atoms with Gasteiger partial charge < -0.3 is 20.1 Å². The number of hydrogen-bond acceptors (Lipinski definition) is 5. The van der Waals surface area contributed by atoms with Crippen LogP contribution in [0.4, 0.5) is 0 Å². The quantitative estimate of drug-likeness (QED) is 0.437. The van der Waals surface area contributed by atoms with Crippen LogP contribution in [0.5, 0.6) is 0 Å². The maximum atomic E-state index is 10.4. The summed E-state index contributed by atoms with van der Waals surface area (Å²) < 4.78 is 4.38. The van der Waals surface area contributed by atoms with E-state index in [1.165, 1.54) is 7.11 Å². The lowest BCUT2D eigenvalue weighted by atomic mass is 10.2. The first kappa shape index (κ1) is 17.8. The van der Waals surface area contributed by atoms with Crippen molar-refractivity contribution in [2.24, 2.45) is 0 Å². The van der Waals surface area contributed by atoms with E-state index in [1.54, 1.807) is 0 Å². The smallest absolute Gasteiger partial charge is 0.305 e. The van der Waals surface area contributed by atoms with Crippen molar-refractivity contribution in [3.05, 3.63) is 0 Å². The number of carbonyl (C=O) groups is 3. The molecule has 0 aliphatic carbocycles. The molecule has 17 heavy (non-hydrogen) atoms. The van der Waals surface area contributed by atoms with Crippen LogP contribution in [0.15, 0.2) is 0 Å². The van der Waals surface area contributed by atoms with E-state index in [9.17, 15) is 14.4 Å². The van der Waals surface area contributed by atoms with Crippen LogP contribution >= 0.6 is 0 Å². The third kappa shape index (κ3) is 20.4. The molecule has 0 spiro atoms. The van der Waals surface area contributed by atoms with Gasteiger partial charge >= 0.3 is 17.9 Å². The van der Waals surface area contributed by atoms with Crippen LogP contribution in [0.25, 0.3) is 0 Å². The number of aliphatic hydroxyl groups excluding tert-OH is 1. The number of carboxylic acids is 2. The van der Waals surface area contributed by atoms with E-state index in [0.29, 0.717) is 19.3 Å². The van der Waals surface area contributed by atoms with Gasteiger partial charge in [0, 0.05) is 13.0 Å². The van der Waals surface area contributed by atoms with Gasteiger partial charge in [0.25, 0.3) is 0 Å². The van der Waals surface area contributed by atoms with Gasteiger partial charge in [0.2, 0.25) is 0 Å². The van der Waals surface area contributed by atoms with E-state index in [4.69, 9.17) is 15.3 Å². The molecule has 3 N–H and O–H groups in total. The second kappa shape index (κ2) is 12.4. The average Bonchev–Trinajstić information content (AvgIpc) is 2.27. The number of rotatable bonds is 7. The van der Waals surface area contributed by atoms with Gasteiger partial charge in [-0.1, -0.05) is 0 Å². The predicted molar refractivity (Wildman–Crippen MR) is 57.5 cm³/mol. The van der Waals surface area contributed by atoms with E-state index in [-0.39, 0.29) is 25.4 Å². The summed E-state index contributed by atoms with van der Waals surface area (Å²) in [5, 5.41) is 24.1. The Morgan fingerprint density at radius 3 is 1.71 bits per heavy atom. The lowest BCUT2D eigenvalue weighted by molar-refractivity contribution is -0.143. The zero-order chi connectivity index (χ0) is 13.7. The Bertz CT molecular complexity index is 223. The van der Waals surface area contributed by atoms with Gasteiger partial charge in [-0.2, -0.15) is 0 Å². The molecule has 0 aromatic rings. The van der Waals surface area contributed by atoms with Crippen LogP contribution in [0, 0.1) is 0 Å². The Morgan fingerprint density at radius 2 is 1.41 bits per heavy atom. The maximum Gasteiger partial charge on any atom is 0.305 e. The van der Waals surface area contributed by atoms with E-state index < -0.39 is 11.9 Å². The van der Waals surface area contributed by atoms with E-state index in [1.807, 2.05) is 0 Å². The fourth-order valence-corrected chi connectivity index (χ4v) is 0.697. The highest BCUT2D eigenvalue weighted by Crippen LogP contribution is 1.94. The Morgan fingerprint density at radius 1 is 0.941 bits per heavy atom. The number of methoxy groups -OCH3 is 1. The zero-order valence-corrected chi connectivity index (χ0v) is 9.72. The van der Waals surface area contributed by atoms with Crippen LogP contribution in [0.3, 0.4) is 0 Å². The van der Waals surface area contributed by atoms with Gasteiger partial charge in [0.1, 0.15) is 0 Å². The third-order valence-corrected chi connectivity index (χ3v) is 1.57. The predicted octanol–water partition coefficient (Wildman–Crippen LogP) is 0.258. The summed E-state index contributed by atoms with van der Waals surface area (Å²) in [5.41, 5.74) is 0. The normalized spacial score (nSPS) is 8.82. The fraction of sp³-hybridized carbons (Fsp3) is 0.700. The van der Waals surface area contributed by atoms with Gasteiger partial charge in [0.05, 0.1) is 20.0 Å². The Kier molecular flexibility index (Phi) is 13.0. The average molecular weight is 250 g/mol. The molecule has 0 saturated heterocycles. The van der Waals surface area contributed by atoms with Crippen molar-refractivity contribution in [1.82, 2.24) is 0 Å². The molecule has 0 saturated carbocycles. The molecule has 0 aromatic heterocycles. The van der Waals surface area contributed by atoms with Gasteiger partial charge in [-0.3, -0.25) is 14.4 Å². The minimum atomic E-state index is -1.08. The van der Waals surface area contributed by atoms with Gasteiger partial charge in [-0.05, 0) is 12.8 Å². The molecule has 0 unspecified atom stereocenters. The molecule has 0 aliphatic heterocycles. The van der Waals surface area contributed by atoms with E-state index in [0.717, 1.165) is 0 Å². The molecule has 100 valence electrons. The van der Waals surface area contributed by atoms with Crippen molar-refractivity contribution in [1.29, 1.82) is 0 Å². The molecule has 7 heteroatoms. The number of aliphatic carboxylic acids is 2. The summed E-state index contributed by atoms with van der Waals surface area (Å²) in [7, 11) is 1.36. The summed E-state index contributed by atoms with van der Waals surface area (Å²) in [6, 6.07) is 0. The minimum Gasteiger partial charge on any atom is -0.481 e. The van der Waals surface area contributed by atoms with Crippen molar-refractivity contribution < 1.29 is 34.4 Å². The molecule has 0 amide bonds. The largest absolute Gasteiger partial charge is 0.481 e. The fourth-order valence-electron chi connectivity index (χ4n) is 0.697. The molecule has 0 heterocycles. The minimum absolute atomic E-state index is 0.150. The van der Waals surface area contributed by atoms with Crippen LogP contribution in [-0.2, 0) is 19.1 Å². The lowest BCUT2D eigenvalue weighted by Crippen LogP contribution is -2.00. The summed E-state index contributed by atoms with van der Waals surface area (Å²) >= 11 is 0. The van der Waals surface area contributed by atoms with Crippen molar-refractivity contribution in [3.63, 3.8) is 0 Å². The molecule has 0 aliphatic rings. The van der Waals surface area contributed by atoms with Crippen molar-refractivity contribution in [3.8, 4) is 0 Å². The number of hydrogen-bond donors (Lipinski definition) is 3. The number of esters is 1. The summed E-state index contributed by atoms with van der Waals surface area (Å²) in [6.07, 6.45) is 1.21. The third-order valence-electron chi connectivity index (χ3n) is 1.57. The molecule has 0 fully saturated rings. The standard InChI is InChI=1S/C6H12O3.C4H6O4/c1-9-6(8)4-2-3-5-7;5-3(6)1-2-4(7)8/h7H,2-5H2,1H3;1-2H2,(H,5,6)(H,7,8). The van der Waals surface area contributed by atoms with E-state index in [2.05, 4.69) is 4.74 Å². The van der Waals surface area contributed by atoms with Crippen LogP contribution < -0.4 is 0 Å². The number of carboxylic acid groups (broad SMARTS) is 2. The second-order valence-electron chi connectivity index (χ2n) is 3.04. The molecule has 0 rings (SSSR count). The number of unbranched alkanes of at least 4 members (excludes halogenated alkanes) is 1. The van der Waals surface area contributed by atoms with Gasteiger partial charge in [0.15, 0.2) is 0 Å². The molecule has 0 atom stereocenters. The summed E-state index contributed by atoms with van der Waals surface area (Å²) in [6.45, 7) is 0.150. The van der Waals surface area contributed by atoms with Crippen molar-refractivity contribution in [2.45, 2.75) is 32.1 Å². The Hall–Kier alpha value is -1.63. The Balaban J connectivity index is 0. The van der Waals surface area contributed by atoms with E-state index >= 15 is 0 Å². The van der Waals surface area contributed by atoms with Crippen LogP contribution in [0.2, 0.25) is 0 Å². The molecular weight excluding hydrogens is 232 g/mol. The highest BCUT2D eigenvalue weighted by Gasteiger charge is 2.00. The first-order valence-corrected chi connectivity index (χ1v) is 5.05. The van der Waals surface area contributed by atoms with Crippen LogP contribution in [0.1, 0.15) is 32.1 Å². The zero-order valence-electron chi connectivity index (χ0n) is 9.72. The van der Waals surface area contributed by atoms with Gasteiger partial charge in [-0.15, -0.1) is 0 Å². The Labute approximate surface area is 99.0 Å². The number of ether oxygens (including phenoxy) is 1. The number of carbonyl (C=O) groups excluding carboxylic acids is 1. The maximum absolute atomic E-state index is 10.4. The number of aliphatic hydroxyl groups is 1.